The molecule has 0 amide bonds. The SMILES string of the molecule is IC1=Cc2ccncc2ON1. The molecule has 11 heavy (non-hydrogen) atoms. The van der Waals surface area contributed by atoms with Crippen LogP contribution in [0.1, 0.15) is 5.56 Å². The number of hydrogen-bond acceptors (Lipinski definition) is 3. The van der Waals surface area contributed by atoms with E-state index in [0.29, 0.717) is 0 Å². The second-order valence-electron chi connectivity index (χ2n) is 2.11. The van der Waals surface area contributed by atoms with Gasteiger partial charge in [0.2, 0.25) is 0 Å². The normalized spacial score (nSPS) is 14.1. The molecule has 1 aliphatic rings. The van der Waals surface area contributed by atoms with Crippen LogP contribution in [-0.4, -0.2) is 4.98 Å². The molecule has 0 spiro atoms. The molecule has 56 valence electrons. The number of halogens is 1. The average molecular weight is 260 g/mol. The van der Waals surface area contributed by atoms with Crippen LogP contribution < -0.4 is 10.3 Å². The lowest BCUT2D eigenvalue weighted by Gasteiger charge is -2.14. The van der Waals surface area contributed by atoms with Crippen molar-refractivity contribution in [3.05, 3.63) is 27.7 Å². The maximum Gasteiger partial charge on any atom is 0.180 e. The Morgan fingerprint density at radius 1 is 1.55 bits per heavy atom. The van der Waals surface area contributed by atoms with Gasteiger partial charge in [0.25, 0.3) is 0 Å². The molecule has 1 N–H and O–H groups in total. The number of hydrogen-bond donors (Lipinski definition) is 1. The Labute approximate surface area is 77.6 Å². The first-order chi connectivity index (χ1) is 5.36. The molecule has 0 unspecified atom stereocenters. The molecule has 1 aromatic heterocycles. The predicted molar refractivity (Wildman–Crippen MR) is 50.0 cm³/mol. The fraction of sp³-hybridized carbons (Fsp3) is 0. The van der Waals surface area contributed by atoms with Gasteiger partial charge in [-0.15, -0.1) is 0 Å². The zero-order valence-corrected chi connectivity index (χ0v) is 7.70. The van der Waals surface area contributed by atoms with Crippen LogP contribution in [0.15, 0.2) is 22.2 Å². The Morgan fingerprint density at radius 3 is 3.36 bits per heavy atom. The molecule has 0 saturated heterocycles. The van der Waals surface area contributed by atoms with Crippen LogP contribution in [0.4, 0.5) is 0 Å². The summed E-state index contributed by atoms with van der Waals surface area (Å²) in [4.78, 5) is 9.07. The molecule has 0 fully saturated rings. The van der Waals surface area contributed by atoms with Gasteiger partial charge < -0.3 is 4.84 Å². The zero-order chi connectivity index (χ0) is 7.68. The fourth-order valence-electron chi connectivity index (χ4n) is 0.865. The topological polar surface area (TPSA) is 34.1 Å². The Morgan fingerprint density at radius 2 is 2.45 bits per heavy atom. The zero-order valence-electron chi connectivity index (χ0n) is 5.54. The maximum absolute atomic E-state index is 5.15. The summed E-state index contributed by atoms with van der Waals surface area (Å²) >= 11 is 2.16. The van der Waals surface area contributed by atoms with Crippen molar-refractivity contribution in [1.82, 2.24) is 10.5 Å². The Hall–Kier alpha value is -0.780. The fourth-order valence-corrected chi connectivity index (χ4v) is 1.31. The van der Waals surface area contributed by atoms with Crippen LogP contribution in [0.3, 0.4) is 0 Å². The van der Waals surface area contributed by atoms with Crippen molar-refractivity contribution in [2.45, 2.75) is 0 Å². The first-order valence-corrected chi connectivity index (χ1v) is 4.18. The number of rotatable bonds is 0. The van der Waals surface area contributed by atoms with Crippen LogP contribution >= 0.6 is 22.6 Å². The van der Waals surface area contributed by atoms with Gasteiger partial charge in [-0.2, -0.15) is 0 Å². The van der Waals surface area contributed by atoms with Crippen molar-refractivity contribution in [2.75, 3.05) is 0 Å². The summed E-state index contributed by atoms with van der Waals surface area (Å²) in [7, 11) is 0. The third-order valence-electron chi connectivity index (χ3n) is 1.36. The van der Waals surface area contributed by atoms with E-state index >= 15 is 0 Å². The highest BCUT2D eigenvalue weighted by atomic mass is 127. The van der Waals surface area contributed by atoms with Crippen LogP contribution in [0, 0.1) is 0 Å². The van der Waals surface area contributed by atoms with Crippen molar-refractivity contribution in [1.29, 1.82) is 0 Å². The van der Waals surface area contributed by atoms with E-state index in [2.05, 4.69) is 33.1 Å². The molecule has 0 atom stereocenters. The van der Waals surface area contributed by atoms with Crippen molar-refractivity contribution in [3.8, 4) is 5.75 Å². The quantitative estimate of drug-likeness (QED) is 0.569. The summed E-state index contributed by atoms with van der Waals surface area (Å²) in [5.41, 5.74) is 3.80. The van der Waals surface area contributed by atoms with E-state index in [9.17, 15) is 0 Å². The summed E-state index contributed by atoms with van der Waals surface area (Å²) in [6, 6.07) is 1.91. The van der Waals surface area contributed by atoms with Crippen LogP contribution in [-0.2, 0) is 0 Å². The number of nitrogens with zero attached hydrogens (tertiary/aromatic N) is 1. The third kappa shape index (κ3) is 1.30. The molecule has 0 radical (unpaired) electrons. The smallest absolute Gasteiger partial charge is 0.180 e. The van der Waals surface area contributed by atoms with E-state index < -0.39 is 0 Å². The first-order valence-electron chi connectivity index (χ1n) is 3.10. The maximum atomic E-state index is 5.15. The van der Waals surface area contributed by atoms with Crippen molar-refractivity contribution in [3.63, 3.8) is 0 Å². The minimum Gasteiger partial charge on any atom is -0.379 e. The standard InChI is InChI=1S/C7H5IN2O/c8-7-3-5-1-2-9-4-6(5)11-10-7/h1-4,10H. The van der Waals surface area contributed by atoms with E-state index in [-0.39, 0.29) is 0 Å². The summed E-state index contributed by atoms with van der Waals surface area (Å²) in [6.07, 6.45) is 5.43. The molecule has 0 saturated carbocycles. The largest absolute Gasteiger partial charge is 0.379 e. The number of nitrogens with one attached hydrogen (secondary N) is 1. The molecular formula is C7H5IN2O. The Balaban J connectivity index is 2.51. The molecule has 2 heterocycles. The molecule has 1 aromatic rings. The highest BCUT2D eigenvalue weighted by Gasteiger charge is 2.07. The molecule has 4 heteroatoms. The number of hydroxylamine groups is 1. The molecule has 3 nitrogen and oxygen atoms in total. The van der Waals surface area contributed by atoms with E-state index in [1.54, 1.807) is 12.4 Å². The van der Waals surface area contributed by atoms with Crippen molar-refractivity contribution < 1.29 is 4.84 Å². The molecular weight excluding hydrogens is 255 g/mol. The van der Waals surface area contributed by atoms with Gasteiger partial charge in [0, 0.05) is 11.8 Å². The number of fused-ring (bicyclic) bond motifs is 1. The minimum absolute atomic E-state index is 0.771. The second-order valence-corrected chi connectivity index (χ2v) is 3.27. The second kappa shape index (κ2) is 2.69. The van der Waals surface area contributed by atoms with Crippen LogP contribution in [0.25, 0.3) is 6.08 Å². The predicted octanol–water partition coefficient (Wildman–Crippen LogP) is 1.71. The number of pyridine rings is 1. The summed E-state index contributed by atoms with van der Waals surface area (Å²) in [6.45, 7) is 0. The minimum atomic E-state index is 0.771. The average Bonchev–Trinajstić information content (AvgIpc) is 2.04. The van der Waals surface area contributed by atoms with E-state index in [4.69, 9.17) is 4.84 Å². The van der Waals surface area contributed by atoms with Crippen LogP contribution in [0.2, 0.25) is 0 Å². The highest BCUT2D eigenvalue weighted by molar-refractivity contribution is 14.1. The van der Waals surface area contributed by atoms with Gasteiger partial charge in [0.05, 0.1) is 6.20 Å². The lowest BCUT2D eigenvalue weighted by molar-refractivity contribution is 0.236. The van der Waals surface area contributed by atoms with E-state index in [1.807, 2.05) is 12.1 Å². The molecule has 0 aliphatic carbocycles. The van der Waals surface area contributed by atoms with Gasteiger partial charge in [-0.25, -0.2) is 5.48 Å². The highest BCUT2D eigenvalue weighted by Crippen LogP contribution is 2.24. The summed E-state index contributed by atoms with van der Waals surface area (Å²) < 4.78 is 0.973. The summed E-state index contributed by atoms with van der Waals surface area (Å²) in [5, 5.41) is 0. The third-order valence-corrected chi connectivity index (χ3v) is 1.89. The van der Waals surface area contributed by atoms with E-state index in [1.165, 1.54) is 0 Å². The van der Waals surface area contributed by atoms with Gasteiger partial charge in [-0.1, -0.05) is 0 Å². The lowest BCUT2D eigenvalue weighted by Crippen LogP contribution is -2.18. The lowest BCUT2D eigenvalue weighted by atomic mass is 10.2. The van der Waals surface area contributed by atoms with Gasteiger partial charge in [-0.05, 0) is 34.7 Å². The van der Waals surface area contributed by atoms with E-state index in [0.717, 1.165) is 15.0 Å². The van der Waals surface area contributed by atoms with Gasteiger partial charge in [-0.3, -0.25) is 4.98 Å². The molecule has 0 bridgehead atoms. The molecule has 0 aromatic carbocycles. The van der Waals surface area contributed by atoms with Crippen LogP contribution in [0.5, 0.6) is 5.75 Å². The van der Waals surface area contributed by atoms with Crippen molar-refractivity contribution in [2.24, 2.45) is 0 Å². The molecule has 2 rings (SSSR count). The van der Waals surface area contributed by atoms with Gasteiger partial charge in [0.15, 0.2) is 5.75 Å². The van der Waals surface area contributed by atoms with Gasteiger partial charge >= 0.3 is 0 Å². The summed E-state index contributed by atoms with van der Waals surface area (Å²) in [5.74, 6) is 0.771. The first kappa shape index (κ1) is 6.90. The van der Waals surface area contributed by atoms with Gasteiger partial charge in [0.1, 0.15) is 3.70 Å². The molecule has 1 aliphatic heterocycles. The number of aromatic nitrogens is 1. The Kier molecular flexibility index (Phi) is 1.69. The monoisotopic (exact) mass is 260 g/mol. The Bertz CT molecular complexity index is 311. The van der Waals surface area contributed by atoms with Crippen molar-refractivity contribution >= 4 is 28.7 Å².